The van der Waals surface area contributed by atoms with Crippen molar-refractivity contribution in [2.24, 2.45) is 17.8 Å². The van der Waals surface area contributed by atoms with Crippen LogP contribution in [0.4, 0.5) is 0 Å². The van der Waals surface area contributed by atoms with Gasteiger partial charge in [0.2, 0.25) is 0 Å². The number of esters is 2. The Morgan fingerprint density at radius 3 is 2.13 bits per heavy atom. The Morgan fingerprint density at radius 1 is 1.09 bits per heavy atom. The zero-order chi connectivity index (χ0) is 17.8. The van der Waals surface area contributed by atoms with Crippen LogP contribution in [-0.2, 0) is 19.1 Å². The van der Waals surface area contributed by atoms with Gasteiger partial charge in [-0.25, -0.2) is 0 Å². The minimum absolute atomic E-state index is 0.267. The van der Waals surface area contributed by atoms with Crippen LogP contribution in [0, 0.1) is 17.8 Å². The minimum atomic E-state index is -0.931. The molecule has 0 saturated carbocycles. The molecular weight excluding hydrogens is 292 g/mol. The van der Waals surface area contributed by atoms with E-state index < -0.39 is 17.9 Å². The highest BCUT2D eigenvalue weighted by Gasteiger charge is 2.34. The number of carbonyl (C=O) groups excluding carboxylic acids is 2. The molecule has 0 aromatic rings. The molecule has 0 heterocycles. The highest BCUT2D eigenvalue weighted by molar-refractivity contribution is 5.95. The van der Waals surface area contributed by atoms with Crippen LogP contribution in [0.1, 0.15) is 60.3 Å². The Kier molecular flexibility index (Phi) is 11.1. The zero-order valence-corrected chi connectivity index (χ0v) is 15.4. The first-order valence-corrected chi connectivity index (χ1v) is 8.56. The van der Waals surface area contributed by atoms with E-state index in [1.54, 1.807) is 0 Å². The van der Waals surface area contributed by atoms with Gasteiger partial charge in [-0.15, -0.1) is 0 Å². The van der Waals surface area contributed by atoms with Crippen LogP contribution in [0.25, 0.3) is 0 Å². The van der Waals surface area contributed by atoms with Crippen molar-refractivity contribution in [3.05, 3.63) is 24.0 Å². The quantitative estimate of drug-likeness (QED) is 0.254. The van der Waals surface area contributed by atoms with Crippen LogP contribution in [0.2, 0.25) is 0 Å². The summed E-state index contributed by atoms with van der Waals surface area (Å²) in [5.41, 5.74) is 0. The molecule has 4 nitrogen and oxygen atoms in total. The molecule has 0 fully saturated rings. The second-order valence-corrected chi connectivity index (χ2v) is 5.75. The van der Waals surface area contributed by atoms with Gasteiger partial charge in [0, 0.05) is 6.42 Å². The number of ether oxygens (including phenoxy) is 2. The molecule has 0 spiro atoms. The molecule has 0 aliphatic carbocycles. The molecular formula is C19H32O4. The van der Waals surface area contributed by atoms with E-state index >= 15 is 0 Å². The van der Waals surface area contributed by atoms with Gasteiger partial charge < -0.3 is 9.47 Å². The topological polar surface area (TPSA) is 52.6 Å². The second-order valence-electron chi connectivity index (χ2n) is 5.75. The Labute approximate surface area is 140 Å². The van der Waals surface area contributed by atoms with E-state index in [-0.39, 0.29) is 5.92 Å². The number of methoxy groups -OCH3 is 1. The fourth-order valence-electron chi connectivity index (χ4n) is 2.44. The van der Waals surface area contributed by atoms with Gasteiger partial charge in [-0.1, -0.05) is 52.7 Å². The predicted octanol–water partition coefficient (Wildman–Crippen LogP) is 4.65. The van der Waals surface area contributed by atoms with Crippen molar-refractivity contribution < 1.29 is 19.1 Å². The van der Waals surface area contributed by atoms with Gasteiger partial charge in [0.15, 0.2) is 5.92 Å². The van der Waals surface area contributed by atoms with Gasteiger partial charge in [0.25, 0.3) is 0 Å². The first-order valence-electron chi connectivity index (χ1n) is 8.56. The molecule has 0 bridgehead atoms. The van der Waals surface area contributed by atoms with Crippen molar-refractivity contribution in [1.29, 1.82) is 0 Å². The van der Waals surface area contributed by atoms with Crippen LogP contribution >= 0.6 is 0 Å². The summed E-state index contributed by atoms with van der Waals surface area (Å²) in [6.45, 7) is 9.91. The van der Waals surface area contributed by atoms with Gasteiger partial charge in [-0.3, -0.25) is 9.59 Å². The number of hydrogen-bond donors (Lipinski definition) is 0. The van der Waals surface area contributed by atoms with E-state index in [2.05, 4.69) is 13.8 Å². The molecule has 0 aromatic heterocycles. The first kappa shape index (κ1) is 21.4. The third-order valence-electron chi connectivity index (χ3n) is 4.14. The van der Waals surface area contributed by atoms with E-state index in [1.165, 1.54) is 7.11 Å². The molecule has 2 unspecified atom stereocenters. The van der Waals surface area contributed by atoms with Crippen molar-refractivity contribution in [3.8, 4) is 0 Å². The summed E-state index contributed by atoms with van der Waals surface area (Å²) in [6, 6.07) is 0. The van der Waals surface area contributed by atoms with Crippen molar-refractivity contribution >= 4 is 11.9 Å². The fourth-order valence-corrected chi connectivity index (χ4v) is 2.44. The Balaban J connectivity index is 5.06. The van der Waals surface area contributed by atoms with Crippen LogP contribution < -0.4 is 0 Å². The zero-order valence-electron chi connectivity index (χ0n) is 15.4. The Bertz CT molecular complexity index is 419. The lowest BCUT2D eigenvalue weighted by atomic mass is 9.93. The molecule has 0 aliphatic heterocycles. The third-order valence-corrected chi connectivity index (χ3v) is 4.14. The predicted molar refractivity (Wildman–Crippen MR) is 92.6 cm³/mol. The summed E-state index contributed by atoms with van der Waals surface area (Å²) < 4.78 is 10.2. The smallest absolute Gasteiger partial charge is 0.325 e. The molecule has 0 aromatic carbocycles. The molecule has 23 heavy (non-hydrogen) atoms. The fraction of sp³-hybridized carbons (Fsp3) is 0.684. The molecule has 0 aliphatic rings. The summed E-state index contributed by atoms with van der Waals surface area (Å²) in [6.07, 6.45) is 9.31. The lowest BCUT2D eigenvalue weighted by Crippen LogP contribution is -2.32. The molecule has 0 N–H and O–H groups in total. The minimum Gasteiger partial charge on any atom is -0.468 e. The standard InChI is InChI=1S/C19H32O4/c1-7-11-14(5)17(18(20)22-6)19(21)23-16(10-4)13-12-15(8-2)9-3/h7,11,13-15,17H,8-10,12H2,1-6H3/b11-7-,16-13-. The lowest BCUT2D eigenvalue weighted by Gasteiger charge is -2.19. The molecule has 4 heteroatoms. The van der Waals surface area contributed by atoms with Crippen molar-refractivity contribution in [1.82, 2.24) is 0 Å². The van der Waals surface area contributed by atoms with Gasteiger partial charge in [0.1, 0.15) is 5.76 Å². The van der Waals surface area contributed by atoms with Crippen molar-refractivity contribution in [2.75, 3.05) is 7.11 Å². The average Bonchev–Trinajstić information content (AvgIpc) is 2.54. The number of rotatable bonds is 10. The molecule has 0 saturated heterocycles. The van der Waals surface area contributed by atoms with Crippen LogP contribution in [0.5, 0.6) is 0 Å². The molecule has 2 atom stereocenters. The summed E-state index contributed by atoms with van der Waals surface area (Å²) in [4.78, 5) is 24.3. The van der Waals surface area contributed by atoms with Crippen LogP contribution in [0.3, 0.4) is 0 Å². The molecule has 0 rings (SSSR count). The summed E-state index contributed by atoms with van der Waals surface area (Å²) >= 11 is 0. The second kappa shape index (κ2) is 11.9. The maximum atomic E-state index is 12.4. The third kappa shape index (κ3) is 7.49. The summed E-state index contributed by atoms with van der Waals surface area (Å²) in [7, 11) is 1.29. The van der Waals surface area contributed by atoms with Crippen molar-refractivity contribution in [2.45, 2.75) is 60.3 Å². The molecule has 0 amide bonds. The normalized spacial score (nSPS) is 14.8. The van der Waals surface area contributed by atoms with Gasteiger partial charge in [-0.2, -0.15) is 0 Å². The number of carbonyl (C=O) groups is 2. The van der Waals surface area contributed by atoms with E-state index in [4.69, 9.17) is 9.47 Å². The van der Waals surface area contributed by atoms with Gasteiger partial charge >= 0.3 is 11.9 Å². The van der Waals surface area contributed by atoms with E-state index in [9.17, 15) is 9.59 Å². The van der Waals surface area contributed by atoms with Crippen LogP contribution in [0.15, 0.2) is 24.0 Å². The maximum absolute atomic E-state index is 12.4. The number of hydrogen-bond acceptors (Lipinski definition) is 4. The molecule has 132 valence electrons. The van der Waals surface area contributed by atoms with Crippen molar-refractivity contribution in [3.63, 3.8) is 0 Å². The van der Waals surface area contributed by atoms with Gasteiger partial charge in [0.05, 0.1) is 7.11 Å². The maximum Gasteiger partial charge on any atom is 0.325 e. The highest BCUT2D eigenvalue weighted by atomic mass is 16.6. The molecule has 0 radical (unpaired) electrons. The Hall–Kier alpha value is -1.58. The van der Waals surface area contributed by atoms with E-state index in [0.717, 1.165) is 19.3 Å². The Morgan fingerprint density at radius 2 is 1.70 bits per heavy atom. The lowest BCUT2D eigenvalue weighted by molar-refractivity contribution is -0.159. The summed E-state index contributed by atoms with van der Waals surface area (Å²) in [5.74, 6) is -1.08. The average molecular weight is 324 g/mol. The highest BCUT2D eigenvalue weighted by Crippen LogP contribution is 2.21. The SMILES string of the molecule is C/C=C\C(C)C(C(=O)OC)C(=O)O/C(=C\CC(CC)CC)CC. The van der Waals surface area contributed by atoms with E-state index in [0.29, 0.717) is 18.1 Å². The number of allylic oxidation sites excluding steroid dienone is 4. The monoisotopic (exact) mass is 324 g/mol. The summed E-state index contributed by atoms with van der Waals surface area (Å²) in [5, 5.41) is 0. The van der Waals surface area contributed by atoms with E-state index in [1.807, 2.05) is 39.0 Å². The van der Waals surface area contributed by atoms with Crippen LogP contribution in [-0.4, -0.2) is 19.0 Å². The van der Waals surface area contributed by atoms with Gasteiger partial charge in [-0.05, 0) is 31.3 Å². The largest absolute Gasteiger partial charge is 0.468 e. The first-order chi connectivity index (χ1) is 10.9.